The van der Waals surface area contributed by atoms with Gasteiger partial charge >= 0.3 is 5.97 Å². The molecule has 0 aromatic heterocycles. The first-order valence-electron chi connectivity index (χ1n) is 4.41. The third-order valence-corrected chi connectivity index (χ3v) is 2.91. The van der Waals surface area contributed by atoms with Crippen molar-refractivity contribution in [2.45, 2.75) is 6.29 Å². The molecular formula is C10H5Cl3O4. The van der Waals surface area contributed by atoms with Crippen molar-refractivity contribution in [2.75, 3.05) is 0 Å². The number of hydrogen-bond acceptors (Lipinski definition) is 4. The molecule has 1 N–H and O–H groups in total. The van der Waals surface area contributed by atoms with E-state index in [2.05, 4.69) is 4.74 Å². The summed E-state index contributed by atoms with van der Waals surface area (Å²) in [6, 6.07) is 4.71. The predicted molar refractivity (Wildman–Crippen MR) is 62.1 cm³/mol. The van der Waals surface area contributed by atoms with Gasteiger partial charge in [-0.3, -0.25) is 0 Å². The molecule has 1 aromatic rings. The second kappa shape index (κ2) is 4.74. The van der Waals surface area contributed by atoms with Crippen molar-refractivity contribution in [1.29, 1.82) is 0 Å². The molecule has 0 radical (unpaired) electrons. The van der Waals surface area contributed by atoms with Crippen molar-refractivity contribution in [3.8, 4) is 5.75 Å². The van der Waals surface area contributed by atoms with Gasteiger partial charge in [0.25, 0.3) is 6.29 Å². The van der Waals surface area contributed by atoms with E-state index in [0.29, 0.717) is 0 Å². The van der Waals surface area contributed by atoms with Gasteiger partial charge in [0.05, 0.1) is 10.0 Å². The Balaban J connectivity index is 2.36. The molecule has 1 aliphatic rings. The third kappa shape index (κ3) is 2.35. The molecule has 2 rings (SSSR count). The van der Waals surface area contributed by atoms with Crippen LogP contribution in [-0.2, 0) is 9.53 Å². The Morgan fingerprint density at radius 2 is 1.82 bits per heavy atom. The van der Waals surface area contributed by atoms with E-state index in [1.165, 1.54) is 0 Å². The first kappa shape index (κ1) is 12.5. The number of aliphatic hydroxyl groups excluding tert-OH is 1. The summed E-state index contributed by atoms with van der Waals surface area (Å²) in [5.74, 6) is -0.995. The largest absolute Gasteiger partial charge is 0.450 e. The number of carbonyl (C=O) groups excluding carboxylic acids is 1. The van der Waals surface area contributed by atoms with Crippen molar-refractivity contribution in [3.05, 3.63) is 39.0 Å². The Morgan fingerprint density at radius 1 is 1.24 bits per heavy atom. The van der Waals surface area contributed by atoms with Gasteiger partial charge in [-0.05, 0) is 12.1 Å². The number of carbonyl (C=O) groups is 1. The van der Waals surface area contributed by atoms with E-state index >= 15 is 0 Å². The molecule has 17 heavy (non-hydrogen) atoms. The zero-order chi connectivity index (χ0) is 12.6. The molecule has 0 bridgehead atoms. The maximum atomic E-state index is 11.0. The fraction of sp³-hybridized carbons (Fsp3) is 0.100. The van der Waals surface area contributed by atoms with E-state index < -0.39 is 12.3 Å². The fourth-order valence-electron chi connectivity index (χ4n) is 1.20. The van der Waals surface area contributed by atoms with Crippen molar-refractivity contribution >= 4 is 40.8 Å². The van der Waals surface area contributed by atoms with Gasteiger partial charge in [-0.1, -0.05) is 40.9 Å². The smallest absolute Gasteiger partial charge is 0.356 e. The zero-order valence-electron chi connectivity index (χ0n) is 8.12. The molecule has 0 spiro atoms. The molecule has 4 nitrogen and oxygen atoms in total. The quantitative estimate of drug-likeness (QED) is 0.852. The molecule has 0 saturated carbocycles. The lowest BCUT2D eigenvalue weighted by atomic mass is 10.3. The van der Waals surface area contributed by atoms with Crippen LogP contribution in [0.1, 0.15) is 0 Å². The lowest BCUT2D eigenvalue weighted by molar-refractivity contribution is -0.153. The number of aliphatic hydroxyl groups is 1. The van der Waals surface area contributed by atoms with Gasteiger partial charge < -0.3 is 14.6 Å². The van der Waals surface area contributed by atoms with Crippen molar-refractivity contribution < 1.29 is 19.4 Å². The predicted octanol–water partition coefficient (Wildman–Crippen LogP) is 2.70. The molecule has 1 atom stereocenters. The van der Waals surface area contributed by atoms with E-state index in [1.54, 1.807) is 18.2 Å². The molecular weight excluding hydrogens is 290 g/mol. The number of ether oxygens (including phenoxy) is 2. The maximum absolute atomic E-state index is 11.0. The van der Waals surface area contributed by atoms with E-state index in [1.807, 2.05) is 0 Å². The maximum Gasteiger partial charge on any atom is 0.356 e. The first-order chi connectivity index (χ1) is 8.00. The average Bonchev–Trinajstić information content (AvgIpc) is 2.49. The SMILES string of the molecule is O=C1OC(O)C(Oc2c(Cl)cccc2Cl)=C1Cl. The summed E-state index contributed by atoms with van der Waals surface area (Å²) in [5.41, 5.74) is 0. The second-order valence-electron chi connectivity index (χ2n) is 3.09. The van der Waals surface area contributed by atoms with E-state index in [0.717, 1.165) is 0 Å². The van der Waals surface area contributed by atoms with Crippen molar-refractivity contribution in [3.63, 3.8) is 0 Å². The van der Waals surface area contributed by atoms with Crippen LogP contribution in [0.4, 0.5) is 0 Å². The first-order valence-corrected chi connectivity index (χ1v) is 5.54. The highest BCUT2D eigenvalue weighted by Crippen LogP contribution is 2.36. The van der Waals surface area contributed by atoms with Crippen LogP contribution in [0.2, 0.25) is 10.0 Å². The van der Waals surface area contributed by atoms with E-state index in [-0.39, 0.29) is 26.6 Å². The van der Waals surface area contributed by atoms with Crippen molar-refractivity contribution in [2.24, 2.45) is 0 Å². The number of benzene rings is 1. The minimum absolute atomic E-state index is 0.0985. The second-order valence-corrected chi connectivity index (χ2v) is 4.28. The Hall–Kier alpha value is -0.940. The fourth-order valence-corrected chi connectivity index (χ4v) is 1.85. The van der Waals surface area contributed by atoms with E-state index in [9.17, 15) is 9.90 Å². The van der Waals surface area contributed by atoms with Gasteiger partial charge in [0.1, 0.15) is 0 Å². The van der Waals surface area contributed by atoms with Crippen molar-refractivity contribution in [1.82, 2.24) is 0 Å². The number of hydrogen-bond donors (Lipinski definition) is 1. The molecule has 1 aliphatic heterocycles. The van der Waals surface area contributed by atoms with Gasteiger partial charge in [0, 0.05) is 0 Å². The molecule has 0 saturated heterocycles. The number of halogens is 3. The van der Waals surface area contributed by atoms with Crippen LogP contribution in [0.5, 0.6) is 5.75 Å². The molecule has 1 unspecified atom stereocenters. The number of para-hydroxylation sites is 1. The van der Waals surface area contributed by atoms with Gasteiger partial charge in [-0.15, -0.1) is 0 Å². The average molecular weight is 296 g/mol. The Labute approximate surface area is 111 Å². The zero-order valence-corrected chi connectivity index (χ0v) is 10.4. The summed E-state index contributed by atoms with van der Waals surface area (Å²) >= 11 is 17.3. The van der Waals surface area contributed by atoms with Crippen LogP contribution in [0.15, 0.2) is 29.0 Å². The number of rotatable bonds is 2. The molecule has 0 amide bonds. The Bertz CT molecular complexity index is 492. The molecule has 1 heterocycles. The molecule has 0 fully saturated rings. The van der Waals surface area contributed by atoms with Gasteiger partial charge in [-0.2, -0.15) is 0 Å². The number of cyclic esters (lactones) is 1. The molecule has 0 aliphatic carbocycles. The highest BCUT2D eigenvalue weighted by Gasteiger charge is 2.34. The summed E-state index contributed by atoms with van der Waals surface area (Å²) in [6.45, 7) is 0. The summed E-state index contributed by atoms with van der Waals surface area (Å²) < 4.78 is 9.66. The van der Waals surface area contributed by atoms with Crippen LogP contribution in [0, 0.1) is 0 Å². The lowest BCUT2D eigenvalue weighted by Gasteiger charge is -2.11. The minimum Gasteiger partial charge on any atom is -0.450 e. The van der Waals surface area contributed by atoms with Gasteiger partial charge in [-0.25, -0.2) is 4.79 Å². The molecule has 90 valence electrons. The van der Waals surface area contributed by atoms with Crippen LogP contribution < -0.4 is 4.74 Å². The summed E-state index contributed by atoms with van der Waals surface area (Å²) in [6.07, 6.45) is -1.55. The highest BCUT2D eigenvalue weighted by molar-refractivity contribution is 6.42. The Kier molecular flexibility index (Phi) is 3.49. The molecule has 7 heteroatoms. The highest BCUT2D eigenvalue weighted by atomic mass is 35.5. The van der Waals surface area contributed by atoms with E-state index in [4.69, 9.17) is 39.5 Å². The minimum atomic E-state index is -1.55. The standard InChI is InChI=1S/C10H5Cl3O4/c11-4-2-1-3-5(12)7(4)16-8-6(13)9(14)17-10(8)15/h1-3,10,15H. The van der Waals surface area contributed by atoms with Crippen LogP contribution in [-0.4, -0.2) is 17.4 Å². The van der Waals surface area contributed by atoms with Gasteiger partial charge in [0.15, 0.2) is 16.5 Å². The molecule has 1 aromatic carbocycles. The normalized spacial score (nSPS) is 19.5. The number of esters is 1. The Morgan fingerprint density at radius 3 is 2.29 bits per heavy atom. The summed E-state index contributed by atoms with van der Waals surface area (Å²) in [7, 11) is 0. The topological polar surface area (TPSA) is 55.8 Å². The van der Waals surface area contributed by atoms with Crippen LogP contribution in [0.25, 0.3) is 0 Å². The van der Waals surface area contributed by atoms with Gasteiger partial charge in [0.2, 0.25) is 0 Å². The summed E-state index contributed by atoms with van der Waals surface area (Å²) in [5, 5.41) is 9.48. The van der Waals surface area contributed by atoms with Crippen LogP contribution in [0.3, 0.4) is 0 Å². The lowest BCUT2D eigenvalue weighted by Crippen LogP contribution is -2.13. The summed E-state index contributed by atoms with van der Waals surface area (Å²) in [4.78, 5) is 11.0. The van der Waals surface area contributed by atoms with Crippen LogP contribution >= 0.6 is 34.8 Å². The third-order valence-electron chi connectivity index (χ3n) is 1.97. The monoisotopic (exact) mass is 294 g/mol.